The zero-order chi connectivity index (χ0) is 20.9. The van der Waals surface area contributed by atoms with Crippen LogP contribution in [0, 0.1) is 12.8 Å². The molecule has 1 saturated heterocycles. The van der Waals surface area contributed by atoms with Gasteiger partial charge in [-0.05, 0) is 44.7 Å². The lowest BCUT2D eigenvalue weighted by molar-refractivity contribution is -0.129. The first-order valence-corrected chi connectivity index (χ1v) is 11.9. The van der Waals surface area contributed by atoms with E-state index in [0.29, 0.717) is 25.9 Å². The molecule has 0 radical (unpaired) electrons. The summed E-state index contributed by atoms with van der Waals surface area (Å²) in [5.41, 5.74) is 1.01. The third-order valence-corrected chi connectivity index (χ3v) is 7.79. The lowest BCUT2D eigenvalue weighted by Gasteiger charge is -2.30. The van der Waals surface area contributed by atoms with Crippen LogP contribution in [0.2, 0.25) is 0 Å². The molecule has 2 aliphatic rings. The largest absolute Gasteiger partial charge is 0.352 e. The van der Waals surface area contributed by atoms with Gasteiger partial charge in [-0.1, -0.05) is 37.0 Å². The molecule has 2 N–H and O–H groups in total. The first-order valence-electron chi connectivity index (χ1n) is 10.5. The van der Waals surface area contributed by atoms with E-state index in [-0.39, 0.29) is 35.2 Å². The van der Waals surface area contributed by atoms with Gasteiger partial charge in [0.15, 0.2) is 0 Å². The monoisotopic (exact) mass is 421 g/mol. The number of hydrogen-bond acceptors (Lipinski definition) is 4. The summed E-state index contributed by atoms with van der Waals surface area (Å²) in [6.45, 7) is 2.51. The van der Waals surface area contributed by atoms with Crippen LogP contribution in [-0.2, 0) is 19.6 Å². The Bertz CT molecular complexity index is 809. The molecule has 1 saturated carbocycles. The number of carbonyl (C=O) groups is 2. The van der Waals surface area contributed by atoms with Crippen LogP contribution in [0.4, 0.5) is 0 Å². The summed E-state index contributed by atoms with van der Waals surface area (Å²) in [6, 6.07) is 7.03. The summed E-state index contributed by atoms with van der Waals surface area (Å²) < 4.78 is 26.9. The Morgan fingerprint density at radius 3 is 2.24 bits per heavy atom. The van der Waals surface area contributed by atoms with Crippen LogP contribution in [0.3, 0.4) is 0 Å². The lowest BCUT2D eigenvalue weighted by Crippen LogP contribution is -2.46. The van der Waals surface area contributed by atoms with Gasteiger partial charge in [-0.3, -0.25) is 9.59 Å². The Labute approximate surface area is 173 Å². The molecular formula is C21H31N3O4S. The Morgan fingerprint density at radius 2 is 1.62 bits per heavy atom. The fourth-order valence-corrected chi connectivity index (χ4v) is 5.52. The van der Waals surface area contributed by atoms with Crippen molar-refractivity contribution >= 4 is 21.8 Å². The number of sulfonamides is 1. The van der Waals surface area contributed by atoms with Gasteiger partial charge in [0.2, 0.25) is 21.8 Å². The average Bonchev–Trinajstić information content (AvgIpc) is 2.73. The molecule has 1 heterocycles. The topological polar surface area (TPSA) is 95.6 Å². The number of aryl methyl sites for hydroxylation is 1. The van der Waals surface area contributed by atoms with E-state index in [2.05, 4.69) is 10.6 Å². The quantitative estimate of drug-likeness (QED) is 0.734. The second kappa shape index (κ2) is 9.71. The van der Waals surface area contributed by atoms with E-state index in [1.165, 1.54) is 10.7 Å². The Morgan fingerprint density at radius 1 is 1.00 bits per heavy atom. The minimum Gasteiger partial charge on any atom is -0.352 e. The second-order valence-corrected chi connectivity index (χ2v) is 10.0. The molecular weight excluding hydrogens is 390 g/mol. The maximum Gasteiger partial charge on any atom is 0.243 e. The van der Waals surface area contributed by atoms with Gasteiger partial charge in [0.1, 0.15) is 0 Å². The molecule has 1 aromatic rings. The smallest absolute Gasteiger partial charge is 0.243 e. The molecule has 1 aromatic carbocycles. The number of nitrogens with zero attached hydrogens (tertiary/aromatic N) is 1. The summed E-state index contributed by atoms with van der Waals surface area (Å²) in [4.78, 5) is 24.7. The van der Waals surface area contributed by atoms with Crippen molar-refractivity contribution in [1.29, 1.82) is 0 Å². The molecule has 2 fully saturated rings. The molecule has 0 atom stereocenters. The zero-order valence-electron chi connectivity index (χ0n) is 17.0. The Kier molecular flexibility index (Phi) is 7.29. The van der Waals surface area contributed by atoms with Crippen LogP contribution in [0.5, 0.6) is 0 Å². The second-order valence-electron chi connectivity index (χ2n) is 8.11. The van der Waals surface area contributed by atoms with E-state index in [1.54, 1.807) is 24.3 Å². The number of nitrogens with one attached hydrogen (secondary N) is 2. The van der Waals surface area contributed by atoms with E-state index < -0.39 is 10.0 Å². The lowest BCUT2D eigenvalue weighted by atomic mass is 9.95. The van der Waals surface area contributed by atoms with Gasteiger partial charge < -0.3 is 10.6 Å². The van der Waals surface area contributed by atoms with Gasteiger partial charge in [0.25, 0.3) is 0 Å². The van der Waals surface area contributed by atoms with Gasteiger partial charge in [0.05, 0.1) is 11.4 Å². The van der Waals surface area contributed by atoms with Crippen molar-refractivity contribution in [2.75, 3.05) is 19.6 Å². The fraction of sp³-hybridized carbons (Fsp3) is 0.619. The summed E-state index contributed by atoms with van der Waals surface area (Å²) in [7, 11) is -3.53. The number of hydrogen-bond donors (Lipinski definition) is 2. The molecule has 160 valence electrons. The minimum absolute atomic E-state index is 0.0167. The highest BCUT2D eigenvalue weighted by Gasteiger charge is 2.32. The van der Waals surface area contributed by atoms with E-state index >= 15 is 0 Å². The fourth-order valence-electron chi connectivity index (χ4n) is 4.06. The Balaban J connectivity index is 1.44. The highest BCUT2D eigenvalue weighted by Crippen LogP contribution is 2.24. The molecule has 3 rings (SSSR count). The van der Waals surface area contributed by atoms with E-state index in [4.69, 9.17) is 0 Å². The van der Waals surface area contributed by atoms with Crippen molar-refractivity contribution in [2.45, 2.75) is 62.8 Å². The SMILES string of the molecule is Cc1ccc(S(=O)(=O)N2CCC(C(=O)NCC(=O)NC3CCCCC3)CC2)cc1. The van der Waals surface area contributed by atoms with Crippen molar-refractivity contribution in [3.63, 3.8) is 0 Å². The predicted molar refractivity (Wildman–Crippen MR) is 111 cm³/mol. The first kappa shape index (κ1) is 21.8. The van der Waals surface area contributed by atoms with Crippen molar-refractivity contribution < 1.29 is 18.0 Å². The molecule has 0 bridgehead atoms. The van der Waals surface area contributed by atoms with Crippen LogP contribution in [0.15, 0.2) is 29.2 Å². The molecule has 1 aliphatic carbocycles. The number of amides is 2. The number of benzene rings is 1. The standard InChI is InChI=1S/C21H31N3O4S/c1-16-7-9-19(10-8-16)29(27,28)24-13-11-17(12-14-24)21(26)22-15-20(25)23-18-5-3-2-4-6-18/h7-10,17-18H,2-6,11-15H2,1H3,(H,22,26)(H,23,25). The van der Waals surface area contributed by atoms with Crippen molar-refractivity contribution in [1.82, 2.24) is 14.9 Å². The average molecular weight is 422 g/mol. The highest BCUT2D eigenvalue weighted by atomic mass is 32.2. The third kappa shape index (κ3) is 5.79. The van der Waals surface area contributed by atoms with Crippen molar-refractivity contribution in [2.24, 2.45) is 5.92 Å². The predicted octanol–water partition coefficient (Wildman–Crippen LogP) is 1.96. The van der Waals surface area contributed by atoms with E-state index in [9.17, 15) is 18.0 Å². The van der Waals surface area contributed by atoms with E-state index in [1.807, 2.05) is 6.92 Å². The first-order chi connectivity index (χ1) is 13.9. The van der Waals surface area contributed by atoms with Gasteiger partial charge in [0, 0.05) is 25.0 Å². The van der Waals surface area contributed by atoms with E-state index in [0.717, 1.165) is 31.2 Å². The van der Waals surface area contributed by atoms with Crippen LogP contribution in [-0.4, -0.2) is 50.2 Å². The number of piperidine rings is 1. The summed E-state index contributed by atoms with van der Waals surface area (Å²) in [5, 5.41) is 5.70. The summed E-state index contributed by atoms with van der Waals surface area (Å²) in [6.07, 6.45) is 6.44. The van der Waals surface area contributed by atoms with Crippen LogP contribution in [0.1, 0.15) is 50.5 Å². The maximum absolute atomic E-state index is 12.8. The van der Waals surface area contributed by atoms with Gasteiger partial charge in [-0.25, -0.2) is 8.42 Å². The number of carbonyl (C=O) groups excluding carboxylic acids is 2. The molecule has 29 heavy (non-hydrogen) atoms. The van der Waals surface area contributed by atoms with Crippen LogP contribution >= 0.6 is 0 Å². The normalized spacial score (nSPS) is 19.6. The molecule has 2 amide bonds. The zero-order valence-corrected chi connectivity index (χ0v) is 17.8. The summed E-state index contributed by atoms with van der Waals surface area (Å²) >= 11 is 0. The highest BCUT2D eigenvalue weighted by molar-refractivity contribution is 7.89. The molecule has 0 aromatic heterocycles. The Hall–Kier alpha value is -1.93. The molecule has 1 aliphatic heterocycles. The maximum atomic E-state index is 12.8. The van der Waals surface area contributed by atoms with Crippen LogP contribution in [0.25, 0.3) is 0 Å². The van der Waals surface area contributed by atoms with Crippen molar-refractivity contribution in [3.8, 4) is 0 Å². The van der Waals surface area contributed by atoms with Gasteiger partial charge in [-0.2, -0.15) is 4.31 Å². The molecule has 8 heteroatoms. The minimum atomic E-state index is -3.53. The molecule has 0 unspecified atom stereocenters. The van der Waals surface area contributed by atoms with Crippen molar-refractivity contribution in [3.05, 3.63) is 29.8 Å². The number of rotatable bonds is 6. The molecule has 0 spiro atoms. The summed E-state index contributed by atoms with van der Waals surface area (Å²) in [5.74, 6) is -0.581. The molecule has 7 nitrogen and oxygen atoms in total. The van der Waals surface area contributed by atoms with Gasteiger partial charge in [-0.15, -0.1) is 0 Å². The van der Waals surface area contributed by atoms with Crippen LogP contribution < -0.4 is 10.6 Å². The van der Waals surface area contributed by atoms with Gasteiger partial charge >= 0.3 is 0 Å². The third-order valence-electron chi connectivity index (χ3n) is 5.88.